The van der Waals surface area contributed by atoms with E-state index in [0.717, 1.165) is 5.56 Å². The summed E-state index contributed by atoms with van der Waals surface area (Å²) >= 11 is 0. The van der Waals surface area contributed by atoms with Gasteiger partial charge in [0.25, 0.3) is 5.91 Å². The standard InChI is InChI=1S/C15H23FN2O2/c1-10(14(19)18-15(2,3)4)20-13-7-6-11(9-17-5)8-12(13)16/h6-8,10,17H,9H2,1-5H3,(H,18,19). The van der Waals surface area contributed by atoms with Gasteiger partial charge in [0.05, 0.1) is 0 Å². The minimum Gasteiger partial charge on any atom is -0.478 e. The van der Waals surface area contributed by atoms with Gasteiger partial charge in [-0.25, -0.2) is 4.39 Å². The van der Waals surface area contributed by atoms with E-state index in [0.29, 0.717) is 6.54 Å². The van der Waals surface area contributed by atoms with E-state index in [1.807, 2.05) is 20.8 Å². The van der Waals surface area contributed by atoms with Crippen molar-refractivity contribution in [2.75, 3.05) is 7.05 Å². The molecule has 0 heterocycles. The Balaban J connectivity index is 2.70. The lowest BCUT2D eigenvalue weighted by molar-refractivity contribution is -0.128. The van der Waals surface area contributed by atoms with Crippen LogP contribution in [0.25, 0.3) is 0 Å². The Morgan fingerprint density at radius 2 is 2.05 bits per heavy atom. The van der Waals surface area contributed by atoms with Crippen LogP contribution in [0.15, 0.2) is 18.2 Å². The van der Waals surface area contributed by atoms with Crippen molar-refractivity contribution in [3.63, 3.8) is 0 Å². The first kappa shape index (κ1) is 16.4. The molecule has 0 saturated carbocycles. The summed E-state index contributed by atoms with van der Waals surface area (Å²) < 4.78 is 19.2. The van der Waals surface area contributed by atoms with Crippen LogP contribution in [-0.4, -0.2) is 24.6 Å². The third kappa shape index (κ3) is 5.17. The number of benzene rings is 1. The van der Waals surface area contributed by atoms with E-state index in [4.69, 9.17) is 4.74 Å². The molecule has 4 nitrogen and oxygen atoms in total. The maximum Gasteiger partial charge on any atom is 0.261 e. The predicted octanol–water partition coefficient (Wildman–Crippen LogP) is 2.23. The molecule has 0 bridgehead atoms. The zero-order valence-corrected chi connectivity index (χ0v) is 12.7. The maximum absolute atomic E-state index is 13.9. The second-order valence-electron chi connectivity index (χ2n) is 5.79. The average Bonchev–Trinajstić information content (AvgIpc) is 2.30. The largest absolute Gasteiger partial charge is 0.478 e. The summed E-state index contributed by atoms with van der Waals surface area (Å²) in [6.07, 6.45) is -0.751. The highest BCUT2D eigenvalue weighted by Crippen LogP contribution is 2.20. The van der Waals surface area contributed by atoms with Gasteiger partial charge in [0.15, 0.2) is 17.7 Å². The Morgan fingerprint density at radius 3 is 2.55 bits per heavy atom. The zero-order valence-electron chi connectivity index (χ0n) is 12.7. The molecule has 0 saturated heterocycles. The molecule has 1 amide bonds. The molecule has 0 aliphatic rings. The van der Waals surface area contributed by atoms with E-state index < -0.39 is 11.9 Å². The molecule has 5 heteroatoms. The van der Waals surface area contributed by atoms with Crippen molar-refractivity contribution in [2.45, 2.75) is 45.9 Å². The van der Waals surface area contributed by atoms with E-state index in [1.165, 1.54) is 6.07 Å². The third-order valence-electron chi connectivity index (χ3n) is 2.55. The second kappa shape index (κ2) is 6.70. The van der Waals surface area contributed by atoms with Crippen LogP contribution in [0, 0.1) is 5.82 Å². The topological polar surface area (TPSA) is 50.4 Å². The molecular weight excluding hydrogens is 259 g/mol. The molecule has 0 spiro atoms. The summed E-state index contributed by atoms with van der Waals surface area (Å²) in [6, 6.07) is 4.71. The van der Waals surface area contributed by atoms with E-state index in [9.17, 15) is 9.18 Å². The van der Waals surface area contributed by atoms with Gasteiger partial charge in [-0.1, -0.05) is 6.07 Å². The Morgan fingerprint density at radius 1 is 1.40 bits per heavy atom. The Labute approximate surface area is 119 Å². The van der Waals surface area contributed by atoms with E-state index in [1.54, 1.807) is 26.1 Å². The lowest BCUT2D eigenvalue weighted by atomic mass is 10.1. The van der Waals surface area contributed by atoms with Crippen molar-refractivity contribution >= 4 is 5.91 Å². The highest BCUT2D eigenvalue weighted by atomic mass is 19.1. The molecular formula is C15H23FN2O2. The Kier molecular flexibility index (Phi) is 5.51. The summed E-state index contributed by atoms with van der Waals surface area (Å²) in [6.45, 7) is 7.82. The molecule has 20 heavy (non-hydrogen) atoms. The number of carbonyl (C=O) groups excluding carboxylic acids is 1. The van der Waals surface area contributed by atoms with Crippen molar-refractivity contribution < 1.29 is 13.9 Å². The number of rotatable bonds is 5. The van der Waals surface area contributed by atoms with Crippen molar-refractivity contribution in [3.05, 3.63) is 29.6 Å². The molecule has 112 valence electrons. The highest BCUT2D eigenvalue weighted by Gasteiger charge is 2.21. The van der Waals surface area contributed by atoms with Crippen LogP contribution in [0.2, 0.25) is 0 Å². The zero-order chi connectivity index (χ0) is 15.3. The van der Waals surface area contributed by atoms with Crippen LogP contribution < -0.4 is 15.4 Å². The normalized spacial score (nSPS) is 12.9. The fraction of sp³-hybridized carbons (Fsp3) is 0.533. The molecule has 0 aliphatic carbocycles. The lowest BCUT2D eigenvalue weighted by Gasteiger charge is -2.23. The quantitative estimate of drug-likeness (QED) is 0.870. The van der Waals surface area contributed by atoms with Gasteiger partial charge in [0.2, 0.25) is 0 Å². The Hall–Kier alpha value is -1.62. The van der Waals surface area contributed by atoms with Crippen molar-refractivity contribution in [1.82, 2.24) is 10.6 Å². The summed E-state index contributed by atoms with van der Waals surface area (Å²) in [5.41, 5.74) is 0.480. The molecule has 1 atom stereocenters. The number of hydrogen-bond acceptors (Lipinski definition) is 3. The van der Waals surface area contributed by atoms with Crippen LogP contribution in [0.5, 0.6) is 5.75 Å². The summed E-state index contributed by atoms with van der Waals surface area (Å²) in [4.78, 5) is 11.9. The molecule has 0 aliphatic heterocycles. The lowest BCUT2D eigenvalue weighted by Crippen LogP contribution is -2.46. The van der Waals surface area contributed by atoms with Gasteiger partial charge < -0.3 is 15.4 Å². The smallest absolute Gasteiger partial charge is 0.261 e. The van der Waals surface area contributed by atoms with E-state index >= 15 is 0 Å². The molecule has 0 radical (unpaired) electrons. The first-order chi connectivity index (χ1) is 9.23. The van der Waals surface area contributed by atoms with Crippen LogP contribution in [0.3, 0.4) is 0 Å². The first-order valence-electron chi connectivity index (χ1n) is 6.64. The monoisotopic (exact) mass is 282 g/mol. The fourth-order valence-electron chi connectivity index (χ4n) is 1.67. The first-order valence-corrected chi connectivity index (χ1v) is 6.64. The van der Waals surface area contributed by atoms with Crippen LogP contribution in [0.4, 0.5) is 4.39 Å². The highest BCUT2D eigenvalue weighted by molar-refractivity contribution is 5.81. The molecule has 1 rings (SSSR count). The van der Waals surface area contributed by atoms with Crippen molar-refractivity contribution in [3.8, 4) is 5.75 Å². The molecule has 0 fully saturated rings. The fourth-order valence-corrected chi connectivity index (χ4v) is 1.67. The minimum absolute atomic E-state index is 0.0846. The number of halogens is 1. The maximum atomic E-state index is 13.9. The van der Waals surface area contributed by atoms with Crippen LogP contribution in [0.1, 0.15) is 33.3 Å². The molecule has 2 N–H and O–H groups in total. The van der Waals surface area contributed by atoms with Crippen molar-refractivity contribution in [2.24, 2.45) is 0 Å². The van der Waals surface area contributed by atoms with Gasteiger partial charge in [-0.3, -0.25) is 4.79 Å². The van der Waals surface area contributed by atoms with Crippen LogP contribution >= 0.6 is 0 Å². The van der Waals surface area contributed by atoms with Gasteiger partial charge in [0.1, 0.15) is 0 Å². The number of carbonyl (C=O) groups is 1. The van der Waals surface area contributed by atoms with Gasteiger partial charge >= 0.3 is 0 Å². The molecule has 1 aromatic carbocycles. The number of amides is 1. The van der Waals surface area contributed by atoms with E-state index in [-0.39, 0.29) is 17.2 Å². The van der Waals surface area contributed by atoms with Crippen molar-refractivity contribution in [1.29, 1.82) is 0 Å². The average molecular weight is 282 g/mol. The summed E-state index contributed by atoms with van der Waals surface area (Å²) in [7, 11) is 1.79. The van der Waals surface area contributed by atoms with Crippen LogP contribution in [-0.2, 0) is 11.3 Å². The summed E-state index contributed by atoms with van der Waals surface area (Å²) in [5.74, 6) is -0.647. The molecule has 1 aromatic rings. The molecule has 1 unspecified atom stereocenters. The predicted molar refractivity (Wildman–Crippen MR) is 77.1 cm³/mol. The van der Waals surface area contributed by atoms with Gasteiger partial charge in [-0.05, 0) is 52.4 Å². The minimum atomic E-state index is -0.751. The summed E-state index contributed by atoms with van der Waals surface area (Å²) in [5, 5.41) is 5.74. The van der Waals surface area contributed by atoms with E-state index in [2.05, 4.69) is 10.6 Å². The third-order valence-corrected chi connectivity index (χ3v) is 2.55. The second-order valence-corrected chi connectivity index (χ2v) is 5.79. The Bertz CT molecular complexity index is 469. The molecule has 0 aromatic heterocycles. The number of hydrogen-bond donors (Lipinski definition) is 2. The number of nitrogens with one attached hydrogen (secondary N) is 2. The SMILES string of the molecule is CNCc1ccc(OC(C)C(=O)NC(C)(C)C)c(F)c1. The van der Waals surface area contributed by atoms with Gasteiger partial charge in [-0.2, -0.15) is 0 Å². The van der Waals surface area contributed by atoms with Gasteiger partial charge in [-0.15, -0.1) is 0 Å². The van der Waals surface area contributed by atoms with Gasteiger partial charge in [0, 0.05) is 12.1 Å². The number of ether oxygens (including phenoxy) is 1.